The van der Waals surface area contributed by atoms with Gasteiger partial charge < -0.3 is 5.32 Å². The number of aromatic nitrogens is 4. The van der Waals surface area contributed by atoms with Gasteiger partial charge in [0, 0.05) is 11.4 Å². The summed E-state index contributed by atoms with van der Waals surface area (Å²) in [5.41, 5.74) is 5.45. The Hall–Kier alpha value is -2.41. The summed E-state index contributed by atoms with van der Waals surface area (Å²) in [5, 5.41) is 8.00. The van der Waals surface area contributed by atoms with Crippen molar-refractivity contribution in [1.29, 1.82) is 0 Å². The molecule has 0 radical (unpaired) electrons. The minimum absolute atomic E-state index is 0.0389. The molecule has 0 aliphatic carbocycles. The molecule has 3 rings (SSSR count). The Labute approximate surface area is 157 Å². The molecule has 0 saturated heterocycles. The molecule has 1 atom stereocenters. The van der Waals surface area contributed by atoms with Crippen LogP contribution in [0.15, 0.2) is 29.4 Å². The van der Waals surface area contributed by atoms with E-state index in [2.05, 4.69) is 52.4 Å². The van der Waals surface area contributed by atoms with E-state index in [1.807, 2.05) is 26.8 Å². The van der Waals surface area contributed by atoms with Gasteiger partial charge in [-0.2, -0.15) is 4.98 Å². The molecular formula is C19H23N5OS. The maximum Gasteiger partial charge on any atom is 0.253 e. The van der Waals surface area contributed by atoms with E-state index in [0.717, 1.165) is 17.0 Å². The number of nitrogens with zero attached hydrogens (tertiary/aromatic N) is 4. The summed E-state index contributed by atoms with van der Waals surface area (Å²) in [7, 11) is 0. The molecule has 3 aromatic rings. The first-order valence-electron chi connectivity index (χ1n) is 8.54. The third-order valence-electron chi connectivity index (χ3n) is 4.34. The lowest BCUT2D eigenvalue weighted by Gasteiger charge is -2.15. The van der Waals surface area contributed by atoms with E-state index in [9.17, 15) is 4.79 Å². The molecule has 1 unspecified atom stereocenters. The maximum absolute atomic E-state index is 12.3. The first-order chi connectivity index (χ1) is 12.3. The zero-order chi connectivity index (χ0) is 18.8. The number of amides is 1. The number of hydrogen-bond acceptors (Lipinski definition) is 5. The predicted molar refractivity (Wildman–Crippen MR) is 103 cm³/mol. The van der Waals surface area contributed by atoms with Crippen LogP contribution in [0.4, 0.5) is 0 Å². The lowest BCUT2D eigenvalue weighted by molar-refractivity contribution is -0.119. The third-order valence-corrected chi connectivity index (χ3v) is 5.18. The summed E-state index contributed by atoms with van der Waals surface area (Å²) >= 11 is 1.32. The van der Waals surface area contributed by atoms with E-state index in [1.54, 1.807) is 4.52 Å². The Bertz CT molecular complexity index is 966. The van der Waals surface area contributed by atoms with Crippen LogP contribution in [0, 0.1) is 27.7 Å². The molecular weight excluding hydrogens is 346 g/mol. The Balaban J connectivity index is 1.61. The number of thioether (sulfide) groups is 1. The molecule has 1 amide bonds. The molecule has 0 bridgehead atoms. The van der Waals surface area contributed by atoms with Crippen molar-refractivity contribution in [2.45, 2.75) is 45.8 Å². The van der Waals surface area contributed by atoms with Gasteiger partial charge in [-0.1, -0.05) is 30.0 Å². The van der Waals surface area contributed by atoms with Crippen molar-refractivity contribution in [3.8, 4) is 0 Å². The fraction of sp³-hybridized carbons (Fsp3) is 0.368. The molecule has 0 aliphatic rings. The van der Waals surface area contributed by atoms with Gasteiger partial charge in [0.15, 0.2) is 0 Å². The molecule has 26 heavy (non-hydrogen) atoms. The largest absolute Gasteiger partial charge is 0.349 e. The Morgan fingerprint density at radius 2 is 1.92 bits per heavy atom. The average Bonchev–Trinajstić information content (AvgIpc) is 2.98. The first kappa shape index (κ1) is 18.4. The number of nitrogens with one attached hydrogen (secondary N) is 1. The first-order valence-corrected chi connectivity index (χ1v) is 9.52. The highest BCUT2D eigenvalue weighted by Gasteiger charge is 2.13. The van der Waals surface area contributed by atoms with E-state index >= 15 is 0 Å². The molecule has 0 fully saturated rings. The topological polar surface area (TPSA) is 72.2 Å². The molecule has 136 valence electrons. The number of carbonyl (C=O) groups excluding carboxylic acids is 1. The summed E-state index contributed by atoms with van der Waals surface area (Å²) in [6, 6.07) is 8.17. The van der Waals surface area contributed by atoms with Crippen LogP contribution in [-0.4, -0.2) is 31.2 Å². The van der Waals surface area contributed by atoms with Gasteiger partial charge in [0.1, 0.15) is 0 Å². The molecule has 6 nitrogen and oxygen atoms in total. The highest BCUT2D eigenvalue weighted by Crippen LogP contribution is 2.18. The van der Waals surface area contributed by atoms with Gasteiger partial charge in [-0.05, 0) is 57.4 Å². The van der Waals surface area contributed by atoms with Crippen LogP contribution in [0.3, 0.4) is 0 Å². The van der Waals surface area contributed by atoms with E-state index < -0.39 is 0 Å². The minimum Gasteiger partial charge on any atom is -0.349 e. The minimum atomic E-state index is -0.0413. The fourth-order valence-corrected chi connectivity index (χ4v) is 3.37. The van der Waals surface area contributed by atoms with Crippen molar-refractivity contribution in [2.24, 2.45) is 0 Å². The summed E-state index contributed by atoms with van der Waals surface area (Å²) in [4.78, 5) is 21.0. The van der Waals surface area contributed by atoms with Crippen LogP contribution < -0.4 is 5.32 Å². The quantitative estimate of drug-likeness (QED) is 0.699. The van der Waals surface area contributed by atoms with Crippen molar-refractivity contribution in [1.82, 2.24) is 24.9 Å². The van der Waals surface area contributed by atoms with Crippen molar-refractivity contribution >= 4 is 23.4 Å². The average molecular weight is 369 g/mol. The number of aryl methyl sites for hydroxylation is 4. The number of hydrogen-bond donors (Lipinski definition) is 1. The lowest BCUT2D eigenvalue weighted by Crippen LogP contribution is -2.28. The molecule has 0 saturated carbocycles. The van der Waals surface area contributed by atoms with E-state index in [1.165, 1.54) is 22.9 Å². The van der Waals surface area contributed by atoms with Crippen molar-refractivity contribution in [3.63, 3.8) is 0 Å². The van der Waals surface area contributed by atoms with Gasteiger partial charge in [-0.15, -0.1) is 5.10 Å². The lowest BCUT2D eigenvalue weighted by atomic mass is 10.0. The van der Waals surface area contributed by atoms with E-state index in [-0.39, 0.29) is 17.7 Å². The van der Waals surface area contributed by atoms with E-state index in [4.69, 9.17) is 0 Å². The molecule has 2 heterocycles. The summed E-state index contributed by atoms with van der Waals surface area (Å²) < 4.78 is 1.70. The van der Waals surface area contributed by atoms with Gasteiger partial charge in [-0.3, -0.25) is 4.79 Å². The van der Waals surface area contributed by atoms with Crippen LogP contribution in [0.25, 0.3) is 5.78 Å². The summed E-state index contributed by atoms with van der Waals surface area (Å²) in [5.74, 6) is 0.791. The number of benzene rings is 1. The fourth-order valence-electron chi connectivity index (χ4n) is 2.74. The second kappa shape index (κ2) is 7.45. The van der Waals surface area contributed by atoms with Gasteiger partial charge in [0.25, 0.3) is 5.78 Å². The third kappa shape index (κ3) is 4.04. The molecule has 0 spiro atoms. The van der Waals surface area contributed by atoms with Crippen LogP contribution in [0.5, 0.6) is 0 Å². The summed E-state index contributed by atoms with van der Waals surface area (Å²) in [6.07, 6.45) is 0. The maximum atomic E-state index is 12.3. The standard InChI is InChI=1S/C19H23N5OS/c1-11-6-7-16(8-12(11)2)15(5)21-17(25)10-26-19-22-18-20-13(3)9-14(4)24(18)23-19/h6-9,15H,10H2,1-5H3,(H,21,25). The molecule has 7 heteroatoms. The van der Waals surface area contributed by atoms with Gasteiger partial charge in [-0.25, -0.2) is 9.50 Å². The Morgan fingerprint density at radius 3 is 2.65 bits per heavy atom. The van der Waals surface area contributed by atoms with Crippen LogP contribution in [-0.2, 0) is 4.79 Å². The normalized spacial score (nSPS) is 12.3. The Morgan fingerprint density at radius 1 is 1.15 bits per heavy atom. The van der Waals surface area contributed by atoms with Gasteiger partial charge in [0.2, 0.25) is 11.1 Å². The highest BCUT2D eigenvalue weighted by atomic mass is 32.2. The number of carbonyl (C=O) groups is 1. The zero-order valence-electron chi connectivity index (χ0n) is 15.7. The zero-order valence-corrected chi connectivity index (χ0v) is 16.5. The van der Waals surface area contributed by atoms with Crippen molar-refractivity contribution < 1.29 is 4.79 Å². The van der Waals surface area contributed by atoms with Crippen molar-refractivity contribution in [3.05, 3.63) is 52.3 Å². The van der Waals surface area contributed by atoms with Crippen molar-refractivity contribution in [2.75, 3.05) is 5.75 Å². The number of fused-ring (bicyclic) bond motifs is 1. The Kier molecular flexibility index (Phi) is 5.27. The molecule has 1 N–H and O–H groups in total. The van der Waals surface area contributed by atoms with Crippen LogP contribution in [0.2, 0.25) is 0 Å². The van der Waals surface area contributed by atoms with Gasteiger partial charge in [0.05, 0.1) is 11.8 Å². The molecule has 0 aliphatic heterocycles. The second-order valence-corrected chi connectivity index (χ2v) is 7.51. The smallest absolute Gasteiger partial charge is 0.253 e. The van der Waals surface area contributed by atoms with Crippen LogP contribution >= 0.6 is 11.8 Å². The van der Waals surface area contributed by atoms with Crippen LogP contribution in [0.1, 0.15) is 41.0 Å². The molecule has 1 aromatic carbocycles. The highest BCUT2D eigenvalue weighted by molar-refractivity contribution is 7.99. The monoisotopic (exact) mass is 369 g/mol. The molecule has 2 aromatic heterocycles. The predicted octanol–water partition coefficient (Wildman–Crippen LogP) is 3.33. The van der Waals surface area contributed by atoms with E-state index in [0.29, 0.717) is 10.9 Å². The SMILES string of the molecule is Cc1cc(C)n2nc(SCC(=O)NC(C)c3ccc(C)c(C)c3)nc2n1. The summed E-state index contributed by atoms with van der Waals surface area (Å²) in [6.45, 7) is 10.0. The number of rotatable bonds is 5. The second-order valence-electron chi connectivity index (χ2n) is 6.57. The van der Waals surface area contributed by atoms with Gasteiger partial charge >= 0.3 is 0 Å².